The number of para-hydroxylation sites is 1. The van der Waals surface area contributed by atoms with Crippen LogP contribution in [0.15, 0.2) is 77.3 Å². The van der Waals surface area contributed by atoms with Gasteiger partial charge in [-0.1, -0.05) is 41.9 Å². The molecule has 30 heavy (non-hydrogen) atoms. The molecular weight excluding hydrogens is 402 g/mol. The highest BCUT2D eigenvalue weighted by Crippen LogP contribution is 2.19. The summed E-state index contributed by atoms with van der Waals surface area (Å²) < 4.78 is 13.1. The number of benzene rings is 2. The predicted octanol–water partition coefficient (Wildman–Crippen LogP) is 5.32. The molecule has 2 heterocycles. The van der Waals surface area contributed by atoms with E-state index in [1.807, 2.05) is 55.5 Å². The van der Waals surface area contributed by atoms with Crippen LogP contribution in [0.4, 0.5) is 5.82 Å². The topological polar surface area (TPSA) is 69.3 Å². The van der Waals surface area contributed by atoms with Crippen molar-refractivity contribution in [3.8, 4) is 5.75 Å². The number of carbonyl (C=O) groups is 1. The molecule has 4 aromatic rings. The van der Waals surface area contributed by atoms with Crippen molar-refractivity contribution in [1.29, 1.82) is 0 Å². The third-order valence-electron chi connectivity index (χ3n) is 4.46. The Morgan fingerprint density at radius 2 is 2.00 bits per heavy atom. The van der Waals surface area contributed by atoms with Crippen LogP contribution in [0.5, 0.6) is 5.75 Å². The summed E-state index contributed by atoms with van der Waals surface area (Å²) in [4.78, 5) is 12.5. The largest absolute Gasteiger partial charge is 0.485 e. The number of nitrogens with zero attached hydrogens (tertiary/aromatic N) is 2. The van der Waals surface area contributed by atoms with Crippen LogP contribution in [0.1, 0.15) is 27.4 Å². The van der Waals surface area contributed by atoms with Gasteiger partial charge in [-0.3, -0.25) is 9.48 Å². The zero-order valence-electron chi connectivity index (χ0n) is 16.3. The van der Waals surface area contributed by atoms with Crippen molar-refractivity contribution in [3.63, 3.8) is 0 Å². The fraction of sp³-hybridized carbons (Fsp3) is 0.130. The molecule has 0 aliphatic heterocycles. The average molecular weight is 422 g/mol. The summed E-state index contributed by atoms with van der Waals surface area (Å²) in [6.45, 7) is 2.77. The Kier molecular flexibility index (Phi) is 5.86. The van der Waals surface area contributed by atoms with Crippen molar-refractivity contribution >= 4 is 23.3 Å². The lowest BCUT2D eigenvalue weighted by Crippen LogP contribution is -2.12. The van der Waals surface area contributed by atoms with Gasteiger partial charge in [0.15, 0.2) is 11.6 Å². The van der Waals surface area contributed by atoms with Crippen LogP contribution in [0, 0.1) is 6.92 Å². The Morgan fingerprint density at radius 3 is 2.83 bits per heavy atom. The van der Waals surface area contributed by atoms with Crippen molar-refractivity contribution in [2.24, 2.45) is 0 Å². The highest BCUT2D eigenvalue weighted by atomic mass is 35.5. The van der Waals surface area contributed by atoms with Gasteiger partial charge < -0.3 is 14.5 Å². The number of aryl methyl sites for hydroxylation is 1. The van der Waals surface area contributed by atoms with Crippen molar-refractivity contribution < 1.29 is 13.9 Å². The molecule has 0 spiro atoms. The Balaban J connectivity index is 1.34. The molecule has 0 fully saturated rings. The number of amides is 1. The highest BCUT2D eigenvalue weighted by molar-refractivity contribution is 6.30. The van der Waals surface area contributed by atoms with E-state index >= 15 is 0 Å². The average Bonchev–Trinajstić information content (AvgIpc) is 3.37. The van der Waals surface area contributed by atoms with E-state index in [4.69, 9.17) is 20.8 Å². The van der Waals surface area contributed by atoms with E-state index in [0.717, 1.165) is 16.9 Å². The maximum absolute atomic E-state index is 12.5. The summed E-state index contributed by atoms with van der Waals surface area (Å²) in [5, 5.41) is 7.78. The number of nitrogens with one attached hydrogen (secondary N) is 1. The van der Waals surface area contributed by atoms with E-state index < -0.39 is 0 Å². The number of rotatable bonds is 7. The summed E-state index contributed by atoms with van der Waals surface area (Å²) in [5.74, 6) is 1.61. The van der Waals surface area contributed by atoms with E-state index in [-0.39, 0.29) is 18.3 Å². The first-order valence-corrected chi connectivity index (χ1v) is 9.81. The van der Waals surface area contributed by atoms with Crippen LogP contribution in [0.3, 0.4) is 0 Å². The number of carbonyl (C=O) groups excluding carboxylic acids is 1. The minimum Gasteiger partial charge on any atom is -0.485 e. The normalized spacial score (nSPS) is 10.7. The lowest BCUT2D eigenvalue weighted by atomic mass is 10.2. The summed E-state index contributed by atoms with van der Waals surface area (Å²) >= 11 is 6.01. The number of ether oxygens (including phenoxy) is 1. The van der Waals surface area contributed by atoms with Crippen LogP contribution in [0.25, 0.3) is 0 Å². The van der Waals surface area contributed by atoms with E-state index in [9.17, 15) is 4.79 Å². The maximum atomic E-state index is 12.5. The Bertz CT molecular complexity index is 1170. The predicted molar refractivity (Wildman–Crippen MR) is 115 cm³/mol. The van der Waals surface area contributed by atoms with Gasteiger partial charge in [0.25, 0.3) is 5.91 Å². The molecular formula is C23H20ClN3O3. The summed E-state index contributed by atoms with van der Waals surface area (Å²) in [6.07, 6.45) is 1.79. The quantitative estimate of drug-likeness (QED) is 0.438. The SMILES string of the molecule is Cc1ccccc1OCc1ccc(C(=O)Nc2ccn(Cc3cccc(Cl)c3)n2)o1. The van der Waals surface area contributed by atoms with Crippen molar-refractivity contribution in [2.45, 2.75) is 20.1 Å². The van der Waals surface area contributed by atoms with Gasteiger partial charge in [0, 0.05) is 17.3 Å². The van der Waals surface area contributed by atoms with E-state index in [2.05, 4.69) is 10.4 Å². The third-order valence-corrected chi connectivity index (χ3v) is 4.70. The number of aromatic nitrogens is 2. The van der Waals surface area contributed by atoms with Crippen molar-refractivity contribution in [3.05, 3.63) is 101 Å². The molecule has 1 N–H and O–H groups in total. The maximum Gasteiger partial charge on any atom is 0.292 e. The summed E-state index contributed by atoms with van der Waals surface area (Å²) in [5.41, 5.74) is 2.06. The Morgan fingerprint density at radius 1 is 1.13 bits per heavy atom. The van der Waals surface area contributed by atoms with Gasteiger partial charge in [-0.05, 0) is 48.4 Å². The minimum absolute atomic E-state index is 0.197. The zero-order valence-corrected chi connectivity index (χ0v) is 17.1. The second-order valence-electron chi connectivity index (χ2n) is 6.80. The molecule has 152 valence electrons. The number of hydrogen-bond donors (Lipinski definition) is 1. The first kappa shape index (κ1) is 19.8. The second-order valence-corrected chi connectivity index (χ2v) is 7.24. The van der Waals surface area contributed by atoms with Crippen LogP contribution >= 0.6 is 11.6 Å². The lowest BCUT2D eigenvalue weighted by Gasteiger charge is -2.06. The number of anilines is 1. The Labute approximate surface area is 179 Å². The van der Waals surface area contributed by atoms with E-state index in [1.54, 1.807) is 29.1 Å². The fourth-order valence-corrected chi connectivity index (χ4v) is 3.17. The minimum atomic E-state index is -0.370. The standard InChI is InChI=1S/C23H20ClN3O3/c1-16-5-2-3-8-20(16)29-15-19-9-10-21(30-19)23(28)25-22-11-12-27(26-22)14-17-6-4-7-18(24)13-17/h2-13H,14-15H2,1H3,(H,25,26,28). The highest BCUT2D eigenvalue weighted by Gasteiger charge is 2.13. The van der Waals surface area contributed by atoms with Crippen molar-refractivity contribution in [1.82, 2.24) is 9.78 Å². The van der Waals surface area contributed by atoms with Crippen molar-refractivity contribution in [2.75, 3.05) is 5.32 Å². The lowest BCUT2D eigenvalue weighted by molar-refractivity contribution is 0.0992. The first-order chi connectivity index (χ1) is 14.6. The number of furan rings is 1. The van der Waals surface area contributed by atoms with Crippen LogP contribution in [-0.2, 0) is 13.2 Å². The molecule has 0 saturated carbocycles. The van der Waals surface area contributed by atoms with Gasteiger partial charge in [-0.25, -0.2) is 0 Å². The molecule has 0 unspecified atom stereocenters. The molecule has 4 rings (SSSR count). The second kappa shape index (κ2) is 8.88. The molecule has 0 bridgehead atoms. The molecule has 0 aliphatic rings. The van der Waals surface area contributed by atoms with E-state index in [1.165, 1.54) is 0 Å². The summed E-state index contributed by atoms with van der Waals surface area (Å²) in [6, 6.07) is 20.4. The molecule has 2 aromatic heterocycles. The fourth-order valence-electron chi connectivity index (χ4n) is 2.96. The number of halogens is 1. The zero-order chi connectivity index (χ0) is 20.9. The number of hydrogen-bond acceptors (Lipinski definition) is 4. The van der Waals surface area contributed by atoms with Crippen LogP contribution in [0.2, 0.25) is 5.02 Å². The van der Waals surface area contributed by atoms with Gasteiger partial charge >= 0.3 is 0 Å². The van der Waals surface area contributed by atoms with Crippen LogP contribution < -0.4 is 10.1 Å². The molecule has 0 atom stereocenters. The van der Waals surface area contributed by atoms with Gasteiger partial charge in [0.1, 0.15) is 18.1 Å². The smallest absolute Gasteiger partial charge is 0.292 e. The van der Waals surface area contributed by atoms with Gasteiger partial charge in [-0.15, -0.1) is 0 Å². The molecule has 0 saturated heterocycles. The molecule has 6 nitrogen and oxygen atoms in total. The van der Waals surface area contributed by atoms with E-state index in [0.29, 0.717) is 23.1 Å². The molecule has 0 radical (unpaired) electrons. The summed E-state index contributed by atoms with van der Waals surface area (Å²) in [7, 11) is 0. The first-order valence-electron chi connectivity index (χ1n) is 9.43. The third kappa shape index (κ3) is 4.90. The van der Waals surface area contributed by atoms with Gasteiger partial charge in [0.05, 0.1) is 6.54 Å². The monoisotopic (exact) mass is 421 g/mol. The van der Waals surface area contributed by atoms with Crippen LogP contribution in [-0.4, -0.2) is 15.7 Å². The molecule has 7 heteroatoms. The van der Waals surface area contributed by atoms with Gasteiger partial charge in [-0.2, -0.15) is 5.10 Å². The molecule has 0 aliphatic carbocycles. The Hall–Kier alpha value is -3.51. The molecule has 2 aromatic carbocycles. The van der Waals surface area contributed by atoms with Gasteiger partial charge in [0.2, 0.25) is 0 Å². The molecule has 1 amide bonds.